The van der Waals surface area contributed by atoms with E-state index in [-0.39, 0.29) is 23.9 Å². The summed E-state index contributed by atoms with van der Waals surface area (Å²) in [5, 5.41) is 21.1. The van der Waals surface area contributed by atoms with Crippen LogP contribution in [0.15, 0.2) is 60.7 Å². The lowest BCUT2D eigenvalue weighted by Gasteiger charge is -2.37. The molecule has 0 fully saturated rings. The van der Waals surface area contributed by atoms with Crippen molar-refractivity contribution in [2.24, 2.45) is 0 Å². The number of hydrogen-bond donors (Lipinski definition) is 2. The molecule has 4 rings (SSSR count). The molecule has 212 valence electrons. The van der Waals surface area contributed by atoms with Crippen molar-refractivity contribution in [3.8, 4) is 17.2 Å². The van der Waals surface area contributed by atoms with Crippen LogP contribution in [0.1, 0.15) is 60.3 Å². The van der Waals surface area contributed by atoms with Gasteiger partial charge >= 0.3 is 12.1 Å². The fourth-order valence-corrected chi connectivity index (χ4v) is 4.89. The standard InChI is InChI=1S/C31H34ClNO7/c1-31(2,3)40-30(37)33(18-27(34)20-5-9-22(32)10-6-20)23-11-7-19-8-12-24(16-21(19)15-23)39-25-13-14-28(38-4)26(17-25)29(35)36/h5-6,8-10,12-14,16-17,23,27,34H,7,11,15,18H2,1-4H3,(H,35,36)/t23-,27-/m0/s1. The summed E-state index contributed by atoms with van der Waals surface area (Å²) in [7, 11) is 1.41. The number of aliphatic hydroxyl groups is 1. The number of aliphatic hydroxyl groups excluding tert-OH is 1. The van der Waals surface area contributed by atoms with Gasteiger partial charge in [-0.15, -0.1) is 0 Å². The van der Waals surface area contributed by atoms with Crippen molar-refractivity contribution in [3.63, 3.8) is 0 Å². The third-order valence-corrected chi connectivity index (χ3v) is 6.96. The Balaban J connectivity index is 1.56. The Bertz CT molecular complexity index is 1370. The van der Waals surface area contributed by atoms with Crippen LogP contribution in [-0.4, -0.2) is 52.5 Å². The lowest BCUT2D eigenvalue weighted by Crippen LogP contribution is -2.47. The fourth-order valence-electron chi connectivity index (χ4n) is 4.77. The van der Waals surface area contributed by atoms with Gasteiger partial charge in [0.05, 0.1) is 19.8 Å². The van der Waals surface area contributed by atoms with E-state index in [4.69, 9.17) is 25.8 Å². The number of carboxylic acid groups (broad SMARTS) is 1. The molecule has 0 bridgehead atoms. The van der Waals surface area contributed by atoms with Crippen LogP contribution in [0, 0.1) is 0 Å². The summed E-state index contributed by atoms with van der Waals surface area (Å²) in [5.74, 6) is 0.0488. The fraction of sp³-hybridized carbons (Fsp3) is 0.355. The van der Waals surface area contributed by atoms with Gasteiger partial charge < -0.3 is 29.3 Å². The highest BCUT2D eigenvalue weighted by molar-refractivity contribution is 6.30. The van der Waals surface area contributed by atoms with Gasteiger partial charge in [0.25, 0.3) is 0 Å². The smallest absolute Gasteiger partial charge is 0.410 e. The maximum Gasteiger partial charge on any atom is 0.410 e. The predicted molar refractivity (Wildman–Crippen MR) is 152 cm³/mol. The number of hydrogen-bond acceptors (Lipinski definition) is 6. The molecule has 1 amide bonds. The molecule has 0 saturated carbocycles. The lowest BCUT2D eigenvalue weighted by atomic mass is 9.87. The number of carboxylic acids is 1. The number of rotatable bonds is 8. The number of aryl methyl sites for hydroxylation is 1. The van der Waals surface area contributed by atoms with E-state index in [1.807, 2.05) is 39.0 Å². The summed E-state index contributed by atoms with van der Waals surface area (Å²) in [5.41, 5.74) is 2.12. The zero-order valence-corrected chi connectivity index (χ0v) is 23.8. The average molecular weight is 568 g/mol. The molecule has 8 nitrogen and oxygen atoms in total. The van der Waals surface area contributed by atoms with Crippen LogP contribution in [0.4, 0.5) is 4.79 Å². The van der Waals surface area contributed by atoms with Gasteiger partial charge in [-0.25, -0.2) is 9.59 Å². The molecule has 3 aromatic rings. The molecule has 0 spiro atoms. The van der Waals surface area contributed by atoms with E-state index in [1.165, 1.54) is 13.2 Å². The Hall–Kier alpha value is -3.75. The molecule has 0 heterocycles. The molecule has 1 aliphatic carbocycles. The summed E-state index contributed by atoms with van der Waals surface area (Å²) in [6.45, 7) is 5.50. The van der Waals surface area contributed by atoms with Gasteiger partial charge in [-0.1, -0.05) is 29.8 Å². The molecule has 1 aliphatic rings. The van der Waals surface area contributed by atoms with Gasteiger partial charge in [0.2, 0.25) is 0 Å². The van der Waals surface area contributed by atoms with Crippen molar-refractivity contribution < 1.29 is 34.0 Å². The number of ether oxygens (including phenoxy) is 3. The second-order valence-electron chi connectivity index (χ2n) is 10.8. The van der Waals surface area contributed by atoms with Gasteiger partial charge in [-0.05, 0) is 99.2 Å². The van der Waals surface area contributed by atoms with Crippen molar-refractivity contribution >= 4 is 23.7 Å². The van der Waals surface area contributed by atoms with E-state index in [1.54, 1.807) is 41.3 Å². The molecule has 0 unspecified atom stereocenters. The van der Waals surface area contributed by atoms with E-state index in [0.29, 0.717) is 34.9 Å². The van der Waals surface area contributed by atoms with Gasteiger partial charge in [-0.2, -0.15) is 0 Å². The Morgan fingerprint density at radius 1 is 1.02 bits per heavy atom. The Kier molecular flexibility index (Phi) is 8.91. The molecule has 40 heavy (non-hydrogen) atoms. The summed E-state index contributed by atoms with van der Waals surface area (Å²) >= 11 is 6.01. The number of amides is 1. The van der Waals surface area contributed by atoms with E-state index in [2.05, 4.69) is 0 Å². The maximum atomic E-state index is 13.3. The summed E-state index contributed by atoms with van der Waals surface area (Å²) < 4.78 is 16.9. The minimum Gasteiger partial charge on any atom is -0.496 e. The molecule has 0 aliphatic heterocycles. The van der Waals surface area contributed by atoms with E-state index in [0.717, 1.165) is 17.5 Å². The van der Waals surface area contributed by atoms with Crippen LogP contribution in [-0.2, 0) is 17.6 Å². The molecule has 3 aromatic carbocycles. The molecule has 2 atom stereocenters. The first-order chi connectivity index (χ1) is 18.9. The minimum absolute atomic E-state index is 0.00488. The Labute approximate surface area is 239 Å². The van der Waals surface area contributed by atoms with Gasteiger partial charge in [0, 0.05) is 11.1 Å². The quantitative estimate of drug-likeness (QED) is 0.313. The zero-order valence-electron chi connectivity index (χ0n) is 23.0. The first-order valence-corrected chi connectivity index (χ1v) is 13.5. The van der Waals surface area contributed by atoms with Crippen LogP contribution in [0.2, 0.25) is 5.02 Å². The SMILES string of the molecule is COc1ccc(Oc2ccc3c(c2)C[C@@H](N(C[C@H](O)c2ccc(Cl)cc2)C(=O)OC(C)(C)C)CC3)cc1C(=O)O. The number of benzene rings is 3. The van der Waals surface area contributed by atoms with Crippen LogP contribution in [0.25, 0.3) is 0 Å². The van der Waals surface area contributed by atoms with Crippen molar-refractivity contribution in [2.45, 2.75) is 57.8 Å². The van der Waals surface area contributed by atoms with Gasteiger partial charge in [0.15, 0.2) is 0 Å². The number of aromatic carboxylic acids is 1. The Morgan fingerprint density at radius 3 is 2.35 bits per heavy atom. The highest BCUT2D eigenvalue weighted by Crippen LogP contribution is 2.33. The first kappa shape index (κ1) is 29.2. The second-order valence-corrected chi connectivity index (χ2v) is 11.2. The van der Waals surface area contributed by atoms with Crippen molar-refractivity contribution in [1.29, 1.82) is 0 Å². The summed E-state index contributed by atoms with van der Waals surface area (Å²) in [6, 6.07) is 17.1. The van der Waals surface area contributed by atoms with Crippen LogP contribution in [0.3, 0.4) is 0 Å². The van der Waals surface area contributed by atoms with E-state index < -0.39 is 23.8 Å². The van der Waals surface area contributed by atoms with Crippen LogP contribution >= 0.6 is 11.6 Å². The zero-order chi connectivity index (χ0) is 29.0. The number of methoxy groups -OCH3 is 1. The first-order valence-electron chi connectivity index (χ1n) is 13.1. The third-order valence-electron chi connectivity index (χ3n) is 6.71. The number of fused-ring (bicyclic) bond motifs is 1. The highest BCUT2D eigenvalue weighted by atomic mass is 35.5. The van der Waals surface area contributed by atoms with Crippen molar-refractivity contribution in [1.82, 2.24) is 4.90 Å². The predicted octanol–water partition coefficient (Wildman–Crippen LogP) is 6.67. The van der Waals surface area contributed by atoms with E-state index >= 15 is 0 Å². The molecule has 9 heteroatoms. The maximum absolute atomic E-state index is 13.3. The Morgan fingerprint density at radius 2 is 1.70 bits per heavy atom. The normalized spacial score (nSPS) is 15.5. The monoisotopic (exact) mass is 567 g/mol. The van der Waals surface area contributed by atoms with E-state index in [9.17, 15) is 19.8 Å². The molecule has 0 saturated heterocycles. The topological polar surface area (TPSA) is 106 Å². The number of carbonyl (C=O) groups excluding carboxylic acids is 1. The summed E-state index contributed by atoms with van der Waals surface area (Å²) in [4.78, 5) is 26.5. The second kappa shape index (κ2) is 12.2. The van der Waals surface area contributed by atoms with Crippen LogP contribution < -0.4 is 9.47 Å². The molecule has 2 N–H and O–H groups in total. The van der Waals surface area contributed by atoms with Gasteiger partial charge in [0.1, 0.15) is 28.4 Å². The van der Waals surface area contributed by atoms with Crippen LogP contribution in [0.5, 0.6) is 17.2 Å². The van der Waals surface area contributed by atoms with Crippen molar-refractivity contribution in [3.05, 3.63) is 87.9 Å². The summed E-state index contributed by atoms with van der Waals surface area (Å²) in [6.07, 6.45) is 0.588. The number of nitrogens with zero attached hydrogens (tertiary/aromatic N) is 1. The number of carbonyl (C=O) groups is 2. The molecule has 0 aromatic heterocycles. The van der Waals surface area contributed by atoms with Gasteiger partial charge in [-0.3, -0.25) is 0 Å². The molecular formula is C31H34ClNO7. The molecular weight excluding hydrogens is 534 g/mol. The average Bonchev–Trinajstić information content (AvgIpc) is 2.90. The van der Waals surface area contributed by atoms with Crippen molar-refractivity contribution in [2.75, 3.05) is 13.7 Å². The molecule has 0 radical (unpaired) electrons. The highest BCUT2D eigenvalue weighted by Gasteiger charge is 2.33. The lowest BCUT2D eigenvalue weighted by molar-refractivity contribution is 0.00194. The third kappa shape index (κ3) is 7.25. The number of halogens is 1. The minimum atomic E-state index is -1.11. The largest absolute Gasteiger partial charge is 0.496 e.